The van der Waals surface area contributed by atoms with Crippen LogP contribution in [-0.2, 0) is 16.4 Å². The zero-order chi connectivity index (χ0) is 23.7. The lowest BCUT2D eigenvalue weighted by Gasteiger charge is -2.32. The normalized spacial score (nSPS) is 16.1. The van der Waals surface area contributed by atoms with Gasteiger partial charge >= 0.3 is 6.03 Å². The first-order valence-electron chi connectivity index (χ1n) is 10.7. The van der Waals surface area contributed by atoms with Crippen molar-refractivity contribution in [2.45, 2.75) is 30.2 Å². The van der Waals surface area contributed by atoms with Crippen LogP contribution in [0, 0.1) is 0 Å². The highest BCUT2D eigenvalue weighted by Crippen LogP contribution is 2.28. The Morgan fingerprint density at radius 1 is 1.15 bits per heavy atom. The smallest absolute Gasteiger partial charge is 0.371 e. The number of anilines is 2. The number of nitrogens with zero attached hydrogens (tertiary/aromatic N) is 4. The van der Waals surface area contributed by atoms with Gasteiger partial charge in [0.1, 0.15) is 18.1 Å². The number of carbonyl (C=O) groups is 1. The van der Waals surface area contributed by atoms with Crippen molar-refractivity contribution >= 4 is 61.9 Å². The third-order valence-corrected chi connectivity index (χ3v) is 8.23. The van der Waals surface area contributed by atoms with Gasteiger partial charge in [-0.05, 0) is 42.5 Å². The second-order valence-corrected chi connectivity index (χ2v) is 11.0. The summed E-state index contributed by atoms with van der Waals surface area (Å²) in [6.07, 6.45) is 5.46. The number of hydrogen-bond donors (Lipinski definition) is 2. The summed E-state index contributed by atoms with van der Waals surface area (Å²) >= 11 is 7.03. The molecule has 3 heterocycles. The molecule has 0 atom stereocenters. The molecule has 2 N–H and O–H groups in total. The Hall–Kier alpha value is -3.02. The second kappa shape index (κ2) is 9.32. The molecule has 0 spiro atoms. The lowest BCUT2D eigenvalue weighted by Crippen LogP contribution is -2.46. The van der Waals surface area contributed by atoms with Crippen LogP contribution in [0.4, 0.5) is 21.3 Å². The summed E-state index contributed by atoms with van der Waals surface area (Å²) in [7, 11) is -3.71. The zero-order valence-electron chi connectivity index (χ0n) is 18.0. The SMILES string of the molecule is O=C(NC1CCN(c2ccc(S(=O)(=O)Nc3ncns3)cc2)CC1)[N+]1=CCc2cc(Cl)ccc21. The fourth-order valence-corrected chi connectivity index (χ4v) is 6.04. The monoisotopic (exact) mass is 517 g/mol. The molecular weight excluding hydrogens is 496 g/mol. The van der Waals surface area contributed by atoms with Crippen LogP contribution in [0.25, 0.3) is 0 Å². The van der Waals surface area contributed by atoms with Gasteiger partial charge in [-0.15, -0.1) is 0 Å². The van der Waals surface area contributed by atoms with Crippen molar-refractivity contribution in [2.24, 2.45) is 0 Å². The summed E-state index contributed by atoms with van der Waals surface area (Å²) in [5.41, 5.74) is 2.86. The number of sulfonamides is 1. The van der Waals surface area contributed by atoms with E-state index in [9.17, 15) is 13.2 Å². The van der Waals surface area contributed by atoms with E-state index >= 15 is 0 Å². The predicted molar refractivity (Wildman–Crippen MR) is 132 cm³/mol. The summed E-state index contributed by atoms with van der Waals surface area (Å²) in [6.45, 7) is 1.52. The van der Waals surface area contributed by atoms with E-state index in [1.807, 2.05) is 18.3 Å². The molecule has 3 aromatic rings. The Morgan fingerprint density at radius 3 is 2.62 bits per heavy atom. The second-order valence-electron chi connectivity index (χ2n) is 8.09. The van der Waals surface area contributed by atoms with E-state index in [1.165, 1.54) is 6.33 Å². The van der Waals surface area contributed by atoms with Crippen LogP contribution in [-0.4, -0.2) is 53.7 Å². The van der Waals surface area contributed by atoms with Gasteiger partial charge in [-0.1, -0.05) is 11.6 Å². The van der Waals surface area contributed by atoms with Crippen molar-refractivity contribution < 1.29 is 17.8 Å². The highest BCUT2D eigenvalue weighted by atomic mass is 35.5. The molecule has 2 aromatic carbocycles. The molecule has 0 unspecified atom stereocenters. The number of benzene rings is 2. The molecule has 5 rings (SSSR count). The highest BCUT2D eigenvalue weighted by molar-refractivity contribution is 7.93. The summed E-state index contributed by atoms with van der Waals surface area (Å²) in [6, 6.07) is 12.3. The minimum atomic E-state index is -3.71. The Balaban J connectivity index is 1.16. The van der Waals surface area contributed by atoms with Crippen molar-refractivity contribution in [3.05, 3.63) is 59.4 Å². The fourth-order valence-electron chi connectivity index (χ4n) is 4.19. The van der Waals surface area contributed by atoms with Gasteiger partial charge in [0, 0.05) is 60.2 Å². The average molecular weight is 518 g/mol. The molecule has 1 fully saturated rings. The molecule has 9 nitrogen and oxygen atoms in total. The molecule has 1 aromatic heterocycles. The average Bonchev–Trinajstić information content (AvgIpc) is 3.49. The maximum Gasteiger partial charge on any atom is 0.496 e. The first-order valence-corrected chi connectivity index (χ1v) is 13.4. The lowest BCUT2D eigenvalue weighted by atomic mass is 10.0. The van der Waals surface area contributed by atoms with Crippen molar-refractivity contribution in [1.82, 2.24) is 14.7 Å². The number of piperidine rings is 1. The number of halogens is 1. The molecule has 12 heteroatoms. The van der Waals surface area contributed by atoms with Crippen molar-refractivity contribution in [1.29, 1.82) is 0 Å². The standard InChI is InChI=1S/C22H21ClN6O3S2/c23-16-1-6-20-15(13-16)7-12-29(20)22(30)26-17-8-10-28(11-9-17)18-2-4-19(5-3-18)34(31,32)27-21-24-14-25-33-21/h1-6,12-14,17H,7-11H2,(H-,24,25,26,27,30)/p+1. The summed E-state index contributed by atoms with van der Waals surface area (Å²) < 4.78 is 32.9. The molecule has 1 saturated heterocycles. The van der Waals surface area contributed by atoms with E-state index in [-0.39, 0.29) is 22.1 Å². The van der Waals surface area contributed by atoms with E-state index in [2.05, 4.69) is 24.3 Å². The zero-order valence-corrected chi connectivity index (χ0v) is 20.4. The number of hydrogen-bond acceptors (Lipinski definition) is 7. The first-order chi connectivity index (χ1) is 16.4. The van der Waals surface area contributed by atoms with Gasteiger partial charge in [-0.3, -0.25) is 4.72 Å². The number of nitrogens with one attached hydrogen (secondary N) is 2. The summed E-state index contributed by atoms with van der Waals surface area (Å²) in [5.74, 6) is 0. The number of urea groups is 1. The van der Waals surface area contributed by atoms with Gasteiger partial charge in [0.25, 0.3) is 10.0 Å². The van der Waals surface area contributed by atoms with Gasteiger partial charge < -0.3 is 4.90 Å². The van der Waals surface area contributed by atoms with Crippen LogP contribution in [0.2, 0.25) is 5.02 Å². The van der Waals surface area contributed by atoms with E-state index in [0.29, 0.717) is 11.4 Å². The van der Waals surface area contributed by atoms with Gasteiger partial charge in [-0.2, -0.15) is 13.7 Å². The van der Waals surface area contributed by atoms with Crippen LogP contribution < -0.4 is 14.9 Å². The summed E-state index contributed by atoms with van der Waals surface area (Å²) in [4.78, 5) is 19.0. The Bertz CT molecular complexity index is 1340. The Morgan fingerprint density at radius 2 is 1.91 bits per heavy atom. The molecular formula is C22H22ClN6O3S2+. The van der Waals surface area contributed by atoms with E-state index < -0.39 is 10.0 Å². The summed E-state index contributed by atoms with van der Waals surface area (Å²) in [5, 5.41) is 4.03. The maximum atomic E-state index is 12.8. The largest absolute Gasteiger partial charge is 0.496 e. The Labute approximate surface area is 206 Å². The number of fused-ring (bicyclic) bond motifs is 1. The van der Waals surface area contributed by atoms with Gasteiger partial charge in [0.2, 0.25) is 5.13 Å². The molecule has 176 valence electrons. The van der Waals surface area contributed by atoms with Crippen LogP contribution in [0.1, 0.15) is 18.4 Å². The first kappa shape index (κ1) is 22.8. The molecule has 0 aliphatic carbocycles. The molecule has 0 radical (unpaired) electrons. The topological polar surface area (TPSA) is 107 Å². The molecule has 34 heavy (non-hydrogen) atoms. The molecule has 0 bridgehead atoms. The minimum absolute atomic E-state index is 0.0734. The van der Waals surface area contributed by atoms with Crippen molar-refractivity contribution in [2.75, 3.05) is 22.7 Å². The third-order valence-electron chi connectivity index (χ3n) is 5.93. The minimum Gasteiger partial charge on any atom is -0.371 e. The number of carbonyl (C=O) groups excluding carboxylic acids is 1. The third kappa shape index (κ3) is 4.77. The van der Waals surface area contributed by atoms with Crippen molar-refractivity contribution in [3.63, 3.8) is 0 Å². The molecule has 2 amide bonds. The fraction of sp³-hybridized carbons (Fsp3) is 0.273. The van der Waals surface area contributed by atoms with E-state index in [0.717, 1.165) is 54.4 Å². The molecule has 0 saturated carbocycles. The molecule has 2 aliphatic heterocycles. The van der Waals surface area contributed by atoms with Gasteiger partial charge in [-0.25, -0.2) is 18.7 Å². The van der Waals surface area contributed by atoms with Gasteiger partial charge in [0.15, 0.2) is 0 Å². The van der Waals surface area contributed by atoms with Gasteiger partial charge in [0.05, 0.1) is 11.1 Å². The Kier molecular flexibility index (Phi) is 6.24. The van der Waals surface area contributed by atoms with E-state index in [4.69, 9.17) is 11.6 Å². The van der Waals surface area contributed by atoms with E-state index in [1.54, 1.807) is 34.9 Å². The van der Waals surface area contributed by atoms with Crippen LogP contribution in [0.15, 0.2) is 53.7 Å². The quantitative estimate of drug-likeness (QED) is 0.500. The lowest BCUT2D eigenvalue weighted by molar-refractivity contribution is -0.325. The van der Waals surface area contributed by atoms with Crippen molar-refractivity contribution in [3.8, 4) is 0 Å². The predicted octanol–water partition coefficient (Wildman–Crippen LogP) is 3.64. The van der Waals surface area contributed by atoms with Crippen LogP contribution >= 0.6 is 23.1 Å². The van der Waals surface area contributed by atoms with Crippen LogP contribution in [0.5, 0.6) is 0 Å². The van der Waals surface area contributed by atoms with Crippen LogP contribution in [0.3, 0.4) is 0 Å². The number of aromatic nitrogens is 2. The highest BCUT2D eigenvalue weighted by Gasteiger charge is 2.30. The number of rotatable bonds is 5. The molecule has 2 aliphatic rings. The maximum absolute atomic E-state index is 12.8. The number of amides is 2.